The van der Waals surface area contributed by atoms with Crippen LogP contribution in [0.3, 0.4) is 0 Å². The van der Waals surface area contributed by atoms with E-state index in [1.54, 1.807) is 0 Å². The van der Waals surface area contributed by atoms with Crippen LogP contribution in [0.5, 0.6) is 0 Å². The number of nitriles is 1. The lowest BCUT2D eigenvalue weighted by molar-refractivity contribution is 0.281. The van der Waals surface area contributed by atoms with Gasteiger partial charge in [-0.1, -0.05) is 42.5 Å². The smallest absolute Gasteiger partial charge is 0.0904 e. The summed E-state index contributed by atoms with van der Waals surface area (Å²) >= 11 is 0. The normalized spacial score (nSPS) is 17.6. The average Bonchev–Trinajstić information content (AvgIpc) is 2.95. The van der Waals surface area contributed by atoms with Crippen LogP contribution in [0.1, 0.15) is 34.9 Å². The maximum Gasteiger partial charge on any atom is 0.0904 e. The SMILES string of the molecule is N#CC1CNc2cc(C(CCO)c3ccccc3)ccc21. The van der Waals surface area contributed by atoms with Crippen molar-refractivity contribution in [2.45, 2.75) is 18.3 Å². The molecule has 0 amide bonds. The molecule has 0 aliphatic carbocycles. The van der Waals surface area contributed by atoms with E-state index in [-0.39, 0.29) is 18.4 Å². The molecule has 0 aromatic heterocycles. The van der Waals surface area contributed by atoms with Gasteiger partial charge >= 0.3 is 0 Å². The Balaban J connectivity index is 1.97. The second-order valence-corrected chi connectivity index (χ2v) is 5.38. The number of aliphatic hydroxyl groups is 1. The third-order valence-corrected chi connectivity index (χ3v) is 4.13. The quantitative estimate of drug-likeness (QED) is 0.902. The first kappa shape index (κ1) is 13.7. The van der Waals surface area contributed by atoms with Crippen molar-refractivity contribution in [3.63, 3.8) is 0 Å². The Kier molecular flexibility index (Phi) is 3.89. The molecule has 1 aliphatic rings. The average molecular weight is 278 g/mol. The highest BCUT2D eigenvalue weighted by molar-refractivity contribution is 5.62. The van der Waals surface area contributed by atoms with Crippen LogP contribution in [0.15, 0.2) is 48.5 Å². The van der Waals surface area contributed by atoms with E-state index in [0.717, 1.165) is 11.3 Å². The van der Waals surface area contributed by atoms with Gasteiger partial charge in [-0.05, 0) is 29.2 Å². The molecule has 3 nitrogen and oxygen atoms in total. The Hall–Kier alpha value is -2.31. The van der Waals surface area contributed by atoms with E-state index in [4.69, 9.17) is 5.26 Å². The minimum absolute atomic E-state index is 0.0536. The van der Waals surface area contributed by atoms with Gasteiger partial charge in [-0.2, -0.15) is 5.26 Å². The predicted octanol–water partition coefficient (Wildman–Crippen LogP) is 3.23. The number of aliphatic hydroxyl groups excluding tert-OH is 1. The van der Waals surface area contributed by atoms with E-state index < -0.39 is 0 Å². The largest absolute Gasteiger partial charge is 0.396 e. The summed E-state index contributed by atoms with van der Waals surface area (Å²) in [5.41, 5.74) is 4.52. The number of nitrogens with zero attached hydrogens (tertiary/aromatic N) is 1. The van der Waals surface area contributed by atoms with Crippen molar-refractivity contribution in [2.75, 3.05) is 18.5 Å². The Morgan fingerprint density at radius 1 is 1.19 bits per heavy atom. The molecule has 0 spiro atoms. The van der Waals surface area contributed by atoms with Crippen LogP contribution in [-0.4, -0.2) is 18.3 Å². The molecule has 0 bridgehead atoms. The van der Waals surface area contributed by atoms with E-state index in [1.165, 1.54) is 11.1 Å². The van der Waals surface area contributed by atoms with Gasteiger partial charge in [-0.25, -0.2) is 0 Å². The molecule has 2 atom stereocenters. The number of hydrogen-bond donors (Lipinski definition) is 2. The van der Waals surface area contributed by atoms with Crippen molar-refractivity contribution in [3.8, 4) is 6.07 Å². The number of rotatable bonds is 4. The topological polar surface area (TPSA) is 56.0 Å². The predicted molar refractivity (Wildman–Crippen MR) is 83.3 cm³/mol. The Bertz CT molecular complexity index is 661. The number of fused-ring (bicyclic) bond motifs is 1. The molecule has 3 heteroatoms. The Labute approximate surface area is 124 Å². The van der Waals surface area contributed by atoms with Crippen molar-refractivity contribution in [1.29, 1.82) is 5.26 Å². The summed E-state index contributed by atoms with van der Waals surface area (Å²) < 4.78 is 0. The van der Waals surface area contributed by atoms with Gasteiger partial charge in [0.25, 0.3) is 0 Å². The van der Waals surface area contributed by atoms with Crippen LogP contribution >= 0.6 is 0 Å². The summed E-state index contributed by atoms with van der Waals surface area (Å²) in [4.78, 5) is 0. The summed E-state index contributed by atoms with van der Waals surface area (Å²) in [6.07, 6.45) is 0.699. The van der Waals surface area contributed by atoms with Gasteiger partial charge in [0.05, 0.1) is 12.0 Å². The standard InChI is InChI=1S/C18H18N2O/c19-11-15-12-20-18-10-14(6-7-17(15)18)16(8-9-21)13-4-2-1-3-5-13/h1-7,10,15-16,20-21H,8-9,12H2. The maximum atomic E-state index is 9.37. The van der Waals surface area contributed by atoms with Gasteiger partial charge < -0.3 is 10.4 Å². The fourth-order valence-electron chi connectivity index (χ4n) is 3.02. The summed E-state index contributed by atoms with van der Waals surface area (Å²) in [5.74, 6) is 0.131. The molecule has 2 unspecified atom stereocenters. The van der Waals surface area contributed by atoms with Gasteiger partial charge in [0, 0.05) is 24.8 Å². The van der Waals surface area contributed by atoms with Crippen LogP contribution in [0.2, 0.25) is 0 Å². The van der Waals surface area contributed by atoms with Crippen molar-refractivity contribution in [3.05, 3.63) is 65.2 Å². The molecule has 0 saturated heterocycles. The molecule has 1 aliphatic heterocycles. The van der Waals surface area contributed by atoms with Gasteiger partial charge in [0.2, 0.25) is 0 Å². The number of anilines is 1. The summed E-state index contributed by atoms with van der Waals surface area (Å²) in [6, 6.07) is 18.8. The van der Waals surface area contributed by atoms with Gasteiger partial charge in [0.15, 0.2) is 0 Å². The molecule has 2 N–H and O–H groups in total. The van der Waals surface area contributed by atoms with E-state index >= 15 is 0 Å². The fraction of sp³-hybridized carbons (Fsp3) is 0.278. The molecule has 0 radical (unpaired) electrons. The van der Waals surface area contributed by atoms with Crippen LogP contribution in [0.4, 0.5) is 5.69 Å². The molecule has 0 fully saturated rings. The lowest BCUT2D eigenvalue weighted by Crippen LogP contribution is -2.04. The Morgan fingerprint density at radius 2 is 2.00 bits per heavy atom. The fourth-order valence-corrected chi connectivity index (χ4v) is 3.02. The molecule has 2 aromatic rings. The zero-order chi connectivity index (χ0) is 14.7. The monoisotopic (exact) mass is 278 g/mol. The summed E-state index contributed by atoms with van der Waals surface area (Å²) in [5, 5.41) is 21.8. The van der Waals surface area contributed by atoms with Crippen molar-refractivity contribution < 1.29 is 5.11 Å². The minimum atomic E-state index is -0.0536. The second-order valence-electron chi connectivity index (χ2n) is 5.38. The van der Waals surface area contributed by atoms with E-state index in [1.807, 2.05) is 24.3 Å². The molecule has 2 aromatic carbocycles. The van der Waals surface area contributed by atoms with Gasteiger partial charge in [0.1, 0.15) is 0 Å². The highest BCUT2D eigenvalue weighted by Crippen LogP contribution is 2.36. The zero-order valence-electron chi connectivity index (χ0n) is 11.8. The van der Waals surface area contributed by atoms with Crippen LogP contribution < -0.4 is 5.32 Å². The van der Waals surface area contributed by atoms with Gasteiger partial charge in [-0.3, -0.25) is 0 Å². The number of hydrogen-bond acceptors (Lipinski definition) is 3. The maximum absolute atomic E-state index is 9.37. The van der Waals surface area contributed by atoms with Crippen LogP contribution in [-0.2, 0) is 0 Å². The summed E-state index contributed by atoms with van der Waals surface area (Å²) in [6.45, 7) is 0.843. The Morgan fingerprint density at radius 3 is 2.71 bits per heavy atom. The zero-order valence-corrected chi connectivity index (χ0v) is 11.8. The third kappa shape index (κ3) is 2.63. The van der Waals surface area contributed by atoms with Gasteiger partial charge in [-0.15, -0.1) is 0 Å². The highest BCUT2D eigenvalue weighted by Gasteiger charge is 2.23. The lowest BCUT2D eigenvalue weighted by atomic mass is 9.87. The van der Waals surface area contributed by atoms with E-state index in [9.17, 15) is 5.11 Å². The molecular formula is C18H18N2O. The minimum Gasteiger partial charge on any atom is -0.396 e. The first-order valence-corrected chi connectivity index (χ1v) is 7.26. The first-order chi connectivity index (χ1) is 10.3. The molecule has 1 heterocycles. The number of nitrogens with one attached hydrogen (secondary N) is 1. The molecule has 0 saturated carbocycles. The molecular weight excluding hydrogens is 260 g/mol. The molecule has 3 rings (SSSR count). The third-order valence-electron chi connectivity index (χ3n) is 4.13. The second kappa shape index (κ2) is 5.99. The van der Waals surface area contributed by atoms with Crippen molar-refractivity contribution >= 4 is 5.69 Å². The van der Waals surface area contributed by atoms with Crippen LogP contribution in [0.25, 0.3) is 0 Å². The van der Waals surface area contributed by atoms with E-state index in [0.29, 0.717) is 13.0 Å². The molecule has 106 valence electrons. The van der Waals surface area contributed by atoms with Crippen molar-refractivity contribution in [1.82, 2.24) is 0 Å². The van der Waals surface area contributed by atoms with Crippen LogP contribution in [0, 0.1) is 11.3 Å². The lowest BCUT2D eigenvalue weighted by Gasteiger charge is -2.18. The van der Waals surface area contributed by atoms with E-state index in [2.05, 4.69) is 35.7 Å². The summed E-state index contributed by atoms with van der Waals surface area (Å²) in [7, 11) is 0. The number of benzene rings is 2. The van der Waals surface area contributed by atoms with Crippen molar-refractivity contribution in [2.24, 2.45) is 0 Å². The first-order valence-electron chi connectivity index (χ1n) is 7.26. The molecule has 21 heavy (non-hydrogen) atoms. The highest BCUT2D eigenvalue weighted by atomic mass is 16.3.